The Hall–Kier alpha value is -2.29. The average Bonchev–Trinajstić information content (AvgIpc) is 3.13. The summed E-state index contributed by atoms with van der Waals surface area (Å²) >= 11 is 0. The van der Waals surface area contributed by atoms with Crippen LogP contribution in [0.15, 0.2) is 60.8 Å². The van der Waals surface area contributed by atoms with Gasteiger partial charge in [0.25, 0.3) is 0 Å². The van der Waals surface area contributed by atoms with E-state index >= 15 is 0 Å². The fourth-order valence-corrected chi connectivity index (χ4v) is 6.06. The number of phosphoric acid groups is 1. The van der Waals surface area contributed by atoms with Gasteiger partial charge in [0.1, 0.15) is 6.61 Å². The van der Waals surface area contributed by atoms with Crippen LogP contribution in [0.2, 0.25) is 0 Å². The van der Waals surface area contributed by atoms with Crippen LogP contribution in [0.5, 0.6) is 0 Å². The van der Waals surface area contributed by atoms with E-state index < -0.39 is 32.5 Å². The number of unbranched alkanes of at least 4 members (excludes halogenated alkanes) is 14. The van der Waals surface area contributed by atoms with E-state index in [-0.39, 0.29) is 26.1 Å². The Labute approximate surface area is 330 Å². The van der Waals surface area contributed by atoms with Gasteiger partial charge in [-0.25, -0.2) is 4.57 Å². The lowest BCUT2D eigenvalue weighted by Gasteiger charge is -2.20. The Morgan fingerprint density at radius 3 is 1.56 bits per heavy atom. The van der Waals surface area contributed by atoms with E-state index in [9.17, 15) is 19.0 Å². The standard InChI is InChI=1S/C44H78NO8P/c1-5-7-9-11-13-15-17-19-20-21-22-23-24-25-27-29-31-33-35-37-44(47)53-42(41-52-54(48,49)51-39-38-45(3)4)40-50-43(46)36-34-32-30-28-26-18-16-14-12-10-8-6-2/h13,15,19-20,22-23,25,27,31,33,42H,5-12,14,16-18,21,24,26,28-30,32,34-41H2,1-4H3,(H,48,49)/b15-13-,20-19-,23-22-,27-25-,33-31-. The first kappa shape index (κ1) is 51.7. The molecule has 10 heteroatoms. The van der Waals surface area contributed by atoms with Gasteiger partial charge in [-0.3, -0.25) is 18.6 Å². The molecule has 2 atom stereocenters. The van der Waals surface area contributed by atoms with Crippen molar-refractivity contribution in [3.63, 3.8) is 0 Å². The monoisotopic (exact) mass is 780 g/mol. The van der Waals surface area contributed by atoms with E-state index in [1.54, 1.807) is 4.90 Å². The van der Waals surface area contributed by atoms with Crippen LogP contribution in [0, 0.1) is 0 Å². The summed E-state index contributed by atoms with van der Waals surface area (Å²) in [6, 6.07) is 0. The smallest absolute Gasteiger partial charge is 0.462 e. The zero-order valence-electron chi connectivity index (χ0n) is 34.6. The largest absolute Gasteiger partial charge is 0.472 e. The summed E-state index contributed by atoms with van der Waals surface area (Å²) in [6.07, 6.45) is 44.2. The Morgan fingerprint density at radius 1 is 0.574 bits per heavy atom. The fraction of sp³-hybridized carbons (Fsp3) is 0.727. The van der Waals surface area contributed by atoms with Gasteiger partial charge >= 0.3 is 19.8 Å². The van der Waals surface area contributed by atoms with Crippen molar-refractivity contribution in [3.8, 4) is 0 Å². The van der Waals surface area contributed by atoms with E-state index in [2.05, 4.69) is 62.5 Å². The third-order valence-corrected chi connectivity index (χ3v) is 9.57. The number of hydrogen-bond acceptors (Lipinski definition) is 8. The molecule has 0 heterocycles. The minimum absolute atomic E-state index is 0.00728. The molecule has 0 amide bonds. The Balaban J connectivity index is 4.45. The van der Waals surface area contributed by atoms with Gasteiger partial charge in [-0.05, 0) is 65.5 Å². The lowest BCUT2D eigenvalue weighted by atomic mass is 10.0. The minimum atomic E-state index is -4.38. The number of rotatable bonds is 38. The molecule has 0 saturated heterocycles. The summed E-state index contributed by atoms with van der Waals surface area (Å²) in [5.41, 5.74) is 0. The summed E-state index contributed by atoms with van der Waals surface area (Å²) in [6.45, 7) is 4.19. The van der Waals surface area contributed by atoms with Gasteiger partial charge in [-0.2, -0.15) is 0 Å². The lowest BCUT2D eigenvalue weighted by molar-refractivity contribution is -0.161. The molecule has 1 N–H and O–H groups in total. The maximum absolute atomic E-state index is 12.6. The van der Waals surface area contributed by atoms with E-state index in [1.165, 1.54) is 83.5 Å². The number of esters is 2. The highest BCUT2D eigenvalue weighted by molar-refractivity contribution is 7.47. The SMILES string of the molecule is CCCCC/C=C\C/C=C\C/C=C\C/C=C\C/C=C\CCC(=O)OC(COC(=O)CCCCCCCCCCCCCC)COP(=O)(O)OCCN(C)C. The van der Waals surface area contributed by atoms with Crippen LogP contribution in [0.4, 0.5) is 0 Å². The molecule has 0 aliphatic carbocycles. The summed E-state index contributed by atoms with van der Waals surface area (Å²) in [7, 11) is -0.750. The number of likely N-dealkylation sites (N-methyl/N-ethyl adjacent to an activating group) is 1. The van der Waals surface area contributed by atoms with E-state index in [4.69, 9.17) is 18.5 Å². The van der Waals surface area contributed by atoms with Crippen molar-refractivity contribution in [2.24, 2.45) is 0 Å². The summed E-state index contributed by atoms with van der Waals surface area (Å²) in [5.74, 6) is -0.901. The third-order valence-electron chi connectivity index (χ3n) is 8.59. The third kappa shape index (κ3) is 39.4. The second kappa shape index (κ2) is 39.0. The second-order valence-electron chi connectivity index (χ2n) is 14.2. The van der Waals surface area contributed by atoms with E-state index in [0.717, 1.165) is 44.9 Å². The van der Waals surface area contributed by atoms with Crippen molar-refractivity contribution >= 4 is 19.8 Å². The topological polar surface area (TPSA) is 112 Å². The molecule has 0 spiro atoms. The van der Waals surface area contributed by atoms with Gasteiger partial charge in [-0.1, -0.05) is 158 Å². The van der Waals surface area contributed by atoms with Crippen molar-refractivity contribution in [1.29, 1.82) is 0 Å². The summed E-state index contributed by atoms with van der Waals surface area (Å²) < 4.78 is 33.3. The predicted octanol–water partition coefficient (Wildman–Crippen LogP) is 11.9. The molecule has 2 unspecified atom stereocenters. The number of allylic oxidation sites excluding steroid dienone is 10. The maximum atomic E-state index is 12.6. The van der Waals surface area contributed by atoms with Crippen LogP contribution in [0.3, 0.4) is 0 Å². The van der Waals surface area contributed by atoms with Crippen molar-refractivity contribution in [2.45, 2.75) is 168 Å². The molecule has 0 aliphatic heterocycles. The Bertz CT molecular complexity index is 1080. The second-order valence-corrected chi connectivity index (χ2v) is 15.6. The molecule has 0 aromatic carbocycles. The molecular weight excluding hydrogens is 701 g/mol. The highest BCUT2D eigenvalue weighted by Gasteiger charge is 2.26. The Morgan fingerprint density at radius 2 is 1.04 bits per heavy atom. The number of ether oxygens (including phenoxy) is 2. The highest BCUT2D eigenvalue weighted by atomic mass is 31.2. The van der Waals surface area contributed by atoms with Gasteiger partial charge in [0.05, 0.1) is 13.2 Å². The minimum Gasteiger partial charge on any atom is -0.462 e. The predicted molar refractivity (Wildman–Crippen MR) is 224 cm³/mol. The van der Waals surface area contributed by atoms with Gasteiger partial charge in [0.15, 0.2) is 6.10 Å². The zero-order valence-corrected chi connectivity index (χ0v) is 35.5. The van der Waals surface area contributed by atoms with Crippen molar-refractivity contribution < 1.29 is 37.6 Å². The van der Waals surface area contributed by atoms with Crippen LogP contribution in [0.1, 0.15) is 162 Å². The van der Waals surface area contributed by atoms with Gasteiger partial charge < -0.3 is 19.3 Å². The molecule has 0 rings (SSSR count). The number of carbonyl (C=O) groups excluding carboxylic acids is 2. The van der Waals surface area contributed by atoms with Crippen LogP contribution < -0.4 is 0 Å². The molecule has 0 aromatic heterocycles. The molecule has 0 bridgehead atoms. The molecular formula is C44H78NO8P. The van der Waals surface area contributed by atoms with Crippen molar-refractivity contribution in [1.82, 2.24) is 4.90 Å². The first-order valence-electron chi connectivity index (χ1n) is 21.1. The van der Waals surface area contributed by atoms with E-state index in [1.807, 2.05) is 26.2 Å². The molecule has 0 radical (unpaired) electrons. The quantitative estimate of drug-likeness (QED) is 0.0283. The van der Waals surface area contributed by atoms with Crippen molar-refractivity contribution in [3.05, 3.63) is 60.8 Å². The molecule has 54 heavy (non-hydrogen) atoms. The first-order valence-corrected chi connectivity index (χ1v) is 22.6. The van der Waals surface area contributed by atoms with Gasteiger partial charge in [0.2, 0.25) is 0 Å². The number of carbonyl (C=O) groups is 2. The maximum Gasteiger partial charge on any atom is 0.472 e. The fourth-order valence-electron chi connectivity index (χ4n) is 5.32. The lowest BCUT2D eigenvalue weighted by Crippen LogP contribution is -2.29. The first-order chi connectivity index (χ1) is 26.2. The highest BCUT2D eigenvalue weighted by Crippen LogP contribution is 2.43. The van der Waals surface area contributed by atoms with Gasteiger partial charge in [0, 0.05) is 19.4 Å². The average molecular weight is 780 g/mol. The summed E-state index contributed by atoms with van der Waals surface area (Å²) in [5, 5.41) is 0. The zero-order chi connectivity index (χ0) is 39.8. The number of nitrogens with zero attached hydrogens (tertiary/aromatic N) is 1. The molecule has 312 valence electrons. The Kier molecular flexibility index (Phi) is 37.3. The molecule has 0 fully saturated rings. The molecule has 0 saturated carbocycles. The molecule has 9 nitrogen and oxygen atoms in total. The van der Waals surface area contributed by atoms with Gasteiger partial charge in [-0.15, -0.1) is 0 Å². The summed E-state index contributed by atoms with van der Waals surface area (Å²) in [4.78, 5) is 36.9. The van der Waals surface area contributed by atoms with Crippen molar-refractivity contribution in [2.75, 3.05) is 40.5 Å². The van der Waals surface area contributed by atoms with Crippen LogP contribution in [-0.4, -0.2) is 68.3 Å². The normalized spacial score (nSPS) is 14.0. The van der Waals surface area contributed by atoms with Crippen LogP contribution in [-0.2, 0) is 32.7 Å². The molecule has 0 aromatic rings. The number of phosphoric ester groups is 1. The molecule has 0 aliphatic rings. The van der Waals surface area contributed by atoms with Crippen LogP contribution in [0.25, 0.3) is 0 Å². The number of hydrogen-bond donors (Lipinski definition) is 1. The van der Waals surface area contributed by atoms with E-state index in [0.29, 0.717) is 13.0 Å². The van der Waals surface area contributed by atoms with Crippen LogP contribution >= 0.6 is 7.82 Å².